The monoisotopic (exact) mass is 324 g/mol. The topological polar surface area (TPSA) is 47.2 Å². The molecule has 0 saturated carbocycles. The predicted molar refractivity (Wildman–Crippen MR) is 96.4 cm³/mol. The molecule has 0 aliphatic rings. The van der Waals surface area contributed by atoms with Crippen molar-refractivity contribution in [3.63, 3.8) is 0 Å². The minimum absolute atomic E-state index is 0.0552. The Labute approximate surface area is 142 Å². The van der Waals surface area contributed by atoms with Crippen LogP contribution in [0.15, 0.2) is 41.0 Å². The summed E-state index contributed by atoms with van der Waals surface area (Å²) in [4.78, 5) is 12.6. The number of nitrogens with zero attached hydrogens (tertiary/aromatic N) is 1. The number of rotatable bonds is 5. The Kier molecular flexibility index (Phi) is 4.47. The van der Waals surface area contributed by atoms with Gasteiger partial charge in [0.2, 0.25) is 0 Å². The van der Waals surface area contributed by atoms with Crippen LogP contribution in [0.4, 0.5) is 0 Å². The van der Waals surface area contributed by atoms with Crippen LogP contribution < -0.4 is 5.32 Å². The maximum atomic E-state index is 12.6. The number of aromatic nitrogens is 1. The minimum Gasteiger partial charge on any atom is -0.463 e. The van der Waals surface area contributed by atoms with Crippen molar-refractivity contribution < 1.29 is 9.21 Å². The van der Waals surface area contributed by atoms with Crippen LogP contribution in [0.5, 0.6) is 0 Å². The molecule has 0 fully saturated rings. The number of fused-ring (bicyclic) bond motifs is 1. The molecule has 3 aromatic rings. The van der Waals surface area contributed by atoms with Crippen molar-refractivity contribution in [2.45, 2.75) is 34.2 Å². The van der Waals surface area contributed by atoms with Crippen LogP contribution in [0, 0.1) is 19.8 Å². The lowest BCUT2D eigenvalue weighted by atomic mass is 10.1. The van der Waals surface area contributed by atoms with Crippen LogP contribution in [0.25, 0.3) is 11.1 Å². The number of benzene rings is 1. The molecule has 3 rings (SSSR count). The molecular weight excluding hydrogens is 300 g/mol. The number of aryl methyl sites for hydroxylation is 2. The van der Waals surface area contributed by atoms with Gasteiger partial charge in [-0.2, -0.15) is 0 Å². The Morgan fingerprint density at radius 1 is 1.21 bits per heavy atom. The summed E-state index contributed by atoms with van der Waals surface area (Å²) in [5.74, 6) is 0.361. The summed E-state index contributed by atoms with van der Waals surface area (Å²) in [6, 6.07) is 10.2. The van der Waals surface area contributed by atoms with E-state index in [4.69, 9.17) is 4.42 Å². The van der Waals surface area contributed by atoms with Crippen LogP contribution in [-0.4, -0.2) is 17.0 Å². The van der Waals surface area contributed by atoms with Crippen molar-refractivity contribution in [2.24, 2.45) is 5.92 Å². The van der Waals surface area contributed by atoms with E-state index in [1.807, 2.05) is 16.7 Å². The number of hydrogen-bond donors (Lipinski definition) is 1. The summed E-state index contributed by atoms with van der Waals surface area (Å²) >= 11 is 0. The summed E-state index contributed by atoms with van der Waals surface area (Å²) in [7, 11) is 0. The van der Waals surface area contributed by atoms with Gasteiger partial charge in [0.05, 0.1) is 11.8 Å². The Bertz CT molecular complexity index is 871. The average molecular weight is 324 g/mol. The highest BCUT2D eigenvalue weighted by Gasteiger charge is 2.18. The Hall–Kier alpha value is -2.49. The summed E-state index contributed by atoms with van der Waals surface area (Å²) in [5, 5.41) is 3.00. The first kappa shape index (κ1) is 16.4. The van der Waals surface area contributed by atoms with Crippen molar-refractivity contribution in [3.8, 4) is 0 Å². The zero-order valence-electron chi connectivity index (χ0n) is 14.7. The molecule has 0 radical (unpaired) electrons. The van der Waals surface area contributed by atoms with Crippen LogP contribution in [0.2, 0.25) is 0 Å². The van der Waals surface area contributed by atoms with Gasteiger partial charge in [-0.25, -0.2) is 0 Å². The first-order valence-corrected chi connectivity index (χ1v) is 8.36. The van der Waals surface area contributed by atoms with Gasteiger partial charge in [-0.3, -0.25) is 4.79 Å². The van der Waals surface area contributed by atoms with E-state index in [0.717, 1.165) is 11.1 Å². The third-order valence-corrected chi connectivity index (χ3v) is 4.26. The van der Waals surface area contributed by atoms with Crippen molar-refractivity contribution in [3.05, 3.63) is 59.0 Å². The van der Waals surface area contributed by atoms with Gasteiger partial charge in [-0.05, 0) is 30.9 Å². The number of furan rings is 1. The van der Waals surface area contributed by atoms with Gasteiger partial charge in [-0.15, -0.1) is 0 Å². The van der Waals surface area contributed by atoms with E-state index in [-0.39, 0.29) is 5.91 Å². The van der Waals surface area contributed by atoms with E-state index < -0.39 is 0 Å². The van der Waals surface area contributed by atoms with E-state index >= 15 is 0 Å². The first-order valence-electron chi connectivity index (χ1n) is 8.36. The lowest BCUT2D eigenvalue weighted by Crippen LogP contribution is -2.29. The third kappa shape index (κ3) is 3.23. The average Bonchev–Trinajstić information content (AvgIpc) is 3.11. The smallest absolute Gasteiger partial charge is 0.268 e. The normalized spacial score (nSPS) is 11.4. The molecule has 0 aliphatic carbocycles. The molecule has 1 N–H and O–H groups in total. The van der Waals surface area contributed by atoms with Crippen LogP contribution in [-0.2, 0) is 6.54 Å². The van der Waals surface area contributed by atoms with Crippen molar-refractivity contribution in [1.82, 2.24) is 9.88 Å². The number of nitrogens with one attached hydrogen (secondary N) is 1. The molecular formula is C20H24N2O2. The number of hydrogen-bond acceptors (Lipinski definition) is 2. The van der Waals surface area contributed by atoms with E-state index in [1.165, 1.54) is 16.7 Å². The Morgan fingerprint density at radius 3 is 2.75 bits per heavy atom. The summed E-state index contributed by atoms with van der Waals surface area (Å²) < 4.78 is 7.54. The summed E-state index contributed by atoms with van der Waals surface area (Å²) in [5.41, 5.74) is 6.00. The molecule has 0 unspecified atom stereocenters. The summed E-state index contributed by atoms with van der Waals surface area (Å²) in [6.45, 7) is 9.67. The first-order chi connectivity index (χ1) is 11.5. The fourth-order valence-corrected chi connectivity index (χ4v) is 2.86. The zero-order valence-corrected chi connectivity index (χ0v) is 14.7. The molecule has 2 heterocycles. The van der Waals surface area contributed by atoms with E-state index in [2.05, 4.69) is 51.2 Å². The maximum Gasteiger partial charge on any atom is 0.268 e. The van der Waals surface area contributed by atoms with Gasteiger partial charge < -0.3 is 14.3 Å². The fourth-order valence-electron chi connectivity index (χ4n) is 2.86. The molecule has 2 aromatic heterocycles. The zero-order chi connectivity index (χ0) is 17.3. The number of amides is 1. The van der Waals surface area contributed by atoms with Gasteiger partial charge in [0.25, 0.3) is 5.91 Å². The van der Waals surface area contributed by atoms with Crippen molar-refractivity contribution >= 4 is 17.0 Å². The van der Waals surface area contributed by atoms with Crippen LogP contribution in [0.3, 0.4) is 0 Å². The second-order valence-electron chi connectivity index (χ2n) is 6.82. The lowest BCUT2D eigenvalue weighted by Gasteiger charge is -2.13. The molecule has 0 atom stereocenters. The van der Waals surface area contributed by atoms with Crippen LogP contribution >= 0.6 is 0 Å². The molecule has 0 bridgehead atoms. The van der Waals surface area contributed by atoms with Crippen molar-refractivity contribution in [2.75, 3.05) is 6.54 Å². The van der Waals surface area contributed by atoms with Gasteiger partial charge in [-0.1, -0.05) is 37.6 Å². The molecule has 1 aromatic carbocycles. The third-order valence-electron chi connectivity index (χ3n) is 4.26. The Morgan fingerprint density at radius 2 is 2.00 bits per heavy atom. The summed E-state index contributed by atoms with van der Waals surface area (Å²) in [6.07, 6.45) is 1.67. The van der Waals surface area contributed by atoms with Crippen molar-refractivity contribution in [1.29, 1.82) is 0 Å². The van der Waals surface area contributed by atoms with Gasteiger partial charge in [0.15, 0.2) is 5.58 Å². The maximum absolute atomic E-state index is 12.6. The lowest BCUT2D eigenvalue weighted by molar-refractivity contribution is 0.0940. The molecule has 0 spiro atoms. The molecule has 24 heavy (non-hydrogen) atoms. The highest BCUT2D eigenvalue weighted by atomic mass is 16.3. The van der Waals surface area contributed by atoms with Gasteiger partial charge >= 0.3 is 0 Å². The second-order valence-corrected chi connectivity index (χ2v) is 6.82. The highest BCUT2D eigenvalue weighted by Crippen LogP contribution is 2.24. The predicted octanol–water partition coefficient (Wildman–Crippen LogP) is 4.29. The Balaban J connectivity index is 1.99. The van der Waals surface area contributed by atoms with E-state index in [9.17, 15) is 4.79 Å². The molecule has 4 nitrogen and oxygen atoms in total. The van der Waals surface area contributed by atoms with E-state index in [0.29, 0.717) is 24.7 Å². The quantitative estimate of drug-likeness (QED) is 0.761. The van der Waals surface area contributed by atoms with Gasteiger partial charge in [0.1, 0.15) is 5.69 Å². The standard InChI is InChI=1S/C20H24N2O2/c1-13(2)11-21-20(23)18-10-19-17(7-8-24-19)22(18)12-16-9-14(3)5-6-15(16)4/h5-10,13H,11-12H2,1-4H3,(H,21,23). The fraction of sp³-hybridized carbons (Fsp3) is 0.350. The molecule has 0 saturated heterocycles. The molecule has 4 heteroatoms. The number of carbonyl (C=O) groups excluding carboxylic acids is 1. The number of carbonyl (C=O) groups is 1. The van der Waals surface area contributed by atoms with Gasteiger partial charge in [0, 0.05) is 25.2 Å². The molecule has 0 aliphatic heterocycles. The SMILES string of the molecule is Cc1ccc(C)c(Cn2c(C(=O)NCC(C)C)cc3occc32)c1. The largest absolute Gasteiger partial charge is 0.463 e. The molecule has 126 valence electrons. The second kappa shape index (κ2) is 6.56. The minimum atomic E-state index is -0.0552. The molecule has 1 amide bonds. The highest BCUT2D eigenvalue weighted by molar-refractivity contribution is 5.97. The van der Waals surface area contributed by atoms with Crippen LogP contribution in [0.1, 0.15) is 41.0 Å². The van der Waals surface area contributed by atoms with E-state index in [1.54, 1.807) is 6.26 Å².